The molecule has 1 amide bonds. The molecular weight excluding hydrogens is 395 g/mol. The minimum absolute atomic E-state index is 0.00446. The summed E-state index contributed by atoms with van der Waals surface area (Å²) in [4.78, 5) is 23.0. The van der Waals surface area contributed by atoms with Gasteiger partial charge in [0.25, 0.3) is 5.91 Å². The van der Waals surface area contributed by atoms with Crippen LogP contribution in [0.5, 0.6) is 0 Å². The molecule has 0 spiro atoms. The quantitative estimate of drug-likeness (QED) is 0.659. The molecule has 0 fully saturated rings. The molecule has 0 aliphatic heterocycles. The number of nitrogens with one attached hydrogen (secondary N) is 2. The first-order valence-electron chi connectivity index (χ1n) is 6.38. The van der Waals surface area contributed by atoms with E-state index in [4.69, 9.17) is 52.1 Å². The predicted molar refractivity (Wildman–Crippen MR) is 98.6 cm³/mol. The van der Waals surface area contributed by atoms with Gasteiger partial charge in [0.2, 0.25) is 0 Å². The van der Waals surface area contributed by atoms with Gasteiger partial charge in [0, 0.05) is 10.7 Å². The van der Waals surface area contributed by atoms with Crippen molar-refractivity contribution >= 4 is 69.7 Å². The maximum Gasteiger partial charge on any atom is 0.337 e. The molecule has 9 heteroatoms. The molecule has 0 aliphatic rings. The average molecular weight is 404 g/mol. The number of carbonyl (C=O) groups is 2. The van der Waals surface area contributed by atoms with Crippen LogP contribution in [0.2, 0.25) is 15.1 Å². The Kier molecular flexibility index (Phi) is 6.01. The third kappa shape index (κ3) is 4.58. The summed E-state index contributed by atoms with van der Waals surface area (Å²) < 4.78 is 0. The number of hydrogen-bond donors (Lipinski definition) is 3. The second kappa shape index (κ2) is 7.81. The Hall–Kier alpha value is -1.86. The number of rotatable bonds is 3. The summed E-state index contributed by atoms with van der Waals surface area (Å²) in [5, 5.41) is 14.7. The van der Waals surface area contributed by atoms with Crippen molar-refractivity contribution in [3.8, 4) is 0 Å². The van der Waals surface area contributed by atoms with Gasteiger partial charge in [-0.25, -0.2) is 4.79 Å². The van der Waals surface area contributed by atoms with Gasteiger partial charge in [0.05, 0.1) is 21.2 Å². The van der Waals surface area contributed by atoms with Crippen LogP contribution in [0.15, 0.2) is 36.4 Å². The minimum Gasteiger partial charge on any atom is -0.478 e. The molecule has 0 saturated carbocycles. The second-order valence-corrected chi connectivity index (χ2v) is 6.19. The number of thiocarbonyl (C=S) groups is 1. The van der Waals surface area contributed by atoms with Crippen molar-refractivity contribution in [1.29, 1.82) is 0 Å². The molecule has 2 aromatic rings. The molecule has 24 heavy (non-hydrogen) atoms. The Balaban J connectivity index is 2.08. The average Bonchev–Trinajstić information content (AvgIpc) is 2.49. The number of aromatic carboxylic acids is 1. The zero-order valence-corrected chi connectivity index (χ0v) is 14.9. The molecule has 0 bridgehead atoms. The van der Waals surface area contributed by atoms with E-state index in [1.807, 2.05) is 0 Å². The maximum absolute atomic E-state index is 12.1. The smallest absolute Gasteiger partial charge is 0.337 e. The summed E-state index contributed by atoms with van der Waals surface area (Å²) in [7, 11) is 0. The first-order valence-corrected chi connectivity index (χ1v) is 7.92. The van der Waals surface area contributed by atoms with Crippen molar-refractivity contribution in [2.75, 3.05) is 5.32 Å². The molecule has 0 radical (unpaired) electrons. The first-order chi connectivity index (χ1) is 11.3. The fourth-order valence-electron chi connectivity index (χ4n) is 1.77. The predicted octanol–water partition coefficient (Wildman–Crippen LogP) is 4.47. The lowest BCUT2D eigenvalue weighted by Gasteiger charge is -2.11. The largest absolute Gasteiger partial charge is 0.478 e. The Bertz CT molecular complexity index is 843. The second-order valence-electron chi connectivity index (χ2n) is 4.53. The fraction of sp³-hybridized carbons (Fsp3) is 0. The molecule has 0 atom stereocenters. The lowest BCUT2D eigenvalue weighted by atomic mass is 10.2. The highest BCUT2D eigenvalue weighted by Crippen LogP contribution is 2.22. The van der Waals surface area contributed by atoms with E-state index in [9.17, 15) is 9.59 Å². The van der Waals surface area contributed by atoms with Crippen LogP contribution in [0.25, 0.3) is 0 Å². The van der Waals surface area contributed by atoms with Crippen molar-refractivity contribution in [2.24, 2.45) is 0 Å². The Morgan fingerprint density at radius 2 is 1.67 bits per heavy atom. The van der Waals surface area contributed by atoms with Crippen molar-refractivity contribution in [1.82, 2.24) is 5.32 Å². The SMILES string of the molecule is O=C(O)c1ccc(NC(=S)NC(=O)c2cc(Cl)ccc2Cl)cc1Cl. The molecular formula is C15H9Cl3N2O3S. The number of halogens is 3. The number of benzene rings is 2. The van der Waals surface area contributed by atoms with E-state index >= 15 is 0 Å². The minimum atomic E-state index is -1.14. The van der Waals surface area contributed by atoms with Crippen molar-refractivity contribution in [2.45, 2.75) is 0 Å². The number of hydrogen-bond acceptors (Lipinski definition) is 3. The van der Waals surface area contributed by atoms with Crippen LogP contribution < -0.4 is 10.6 Å². The number of carboxylic acid groups (broad SMARTS) is 1. The molecule has 124 valence electrons. The molecule has 5 nitrogen and oxygen atoms in total. The van der Waals surface area contributed by atoms with Gasteiger partial charge in [0.1, 0.15) is 0 Å². The zero-order chi connectivity index (χ0) is 17.9. The lowest BCUT2D eigenvalue weighted by Crippen LogP contribution is -2.34. The highest BCUT2D eigenvalue weighted by atomic mass is 35.5. The van der Waals surface area contributed by atoms with E-state index in [1.165, 1.54) is 30.3 Å². The van der Waals surface area contributed by atoms with Gasteiger partial charge < -0.3 is 10.4 Å². The van der Waals surface area contributed by atoms with Gasteiger partial charge in [-0.1, -0.05) is 34.8 Å². The normalized spacial score (nSPS) is 10.1. The number of carbonyl (C=O) groups excluding carboxylic acids is 1. The van der Waals surface area contributed by atoms with Crippen molar-refractivity contribution in [3.63, 3.8) is 0 Å². The van der Waals surface area contributed by atoms with Gasteiger partial charge in [-0.3, -0.25) is 10.1 Å². The molecule has 3 N–H and O–H groups in total. The van der Waals surface area contributed by atoms with Crippen LogP contribution >= 0.6 is 47.0 Å². The number of carboxylic acids is 1. The molecule has 0 unspecified atom stereocenters. The van der Waals surface area contributed by atoms with Crippen molar-refractivity contribution < 1.29 is 14.7 Å². The Morgan fingerprint density at radius 1 is 0.958 bits per heavy atom. The summed E-state index contributed by atoms with van der Waals surface area (Å²) in [5.74, 6) is -1.67. The van der Waals surface area contributed by atoms with E-state index in [0.29, 0.717) is 10.7 Å². The van der Waals surface area contributed by atoms with E-state index in [-0.39, 0.29) is 26.3 Å². The lowest BCUT2D eigenvalue weighted by molar-refractivity contribution is 0.0697. The Labute approximate surface area is 157 Å². The number of anilines is 1. The molecule has 0 aromatic heterocycles. The van der Waals surface area contributed by atoms with Crippen LogP contribution in [-0.4, -0.2) is 22.1 Å². The van der Waals surface area contributed by atoms with Crippen LogP contribution in [0.1, 0.15) is 20.7 Å². The highest BCUT2D eigenvalue weighted by Gasteiger charge is 2.14. The molecule has 0 heterocycles. The van der Waals surface area contributed by atoms with E-state index in [1.54, 1.807) is 6.07 Å². The first kappa shape index (κ1) is 18.5. The van der Waals surface area contributed by atoms with E-state index < -0.39 is 11.9 Å². The van der Waals surface area contributed by atoms with Crippen LogP contribution in [0.4, 0.5) is 5.69 Å². The fourth-order valence-corrected chi connectivity index (χ4v) is 2.62. The summed E-state index contributed by atoms with van der Waals surface area (Å²) >= 11 is 22.7. The Morgan fingerprint density at radius 3 is 2.29 bits per heavy atom. The van der Waals surface area contributed by atoms with Crippen LogP contribution in [0.3, 0.4) is 0 Å². The summed E-state index contributed by atoms with van der Waals surface area (Å²) in [6.45, 7) is 0. The molecule has 0 saturated heterocycles. The van der Waals surface area contributed by atoms with Gasteiger partial charge in [-0.05, 0) is 48.6 Å². The maximum atomic E-state index is 12.1. The summed E-state index contributed by atoms with van der Waals surface area (Å²) in [6.07, 6.45) is 0. The number of amides is 1. The monoisotopic (exact) mass is 402 g/mol. The van der Waals surface area contributed by atoms with Gasteiger partial charge in [0.15, 0.2) is 5.11 Å². The van der Waals surface area contributed by atoms with Crippen LogP contribution in [0, 0.1) is 0 Å². The van der Waals surface area contributed by atoms with Crippen molar-refractivity contribution in [3.05, 3.63) is 62.6 Å². The standard InChI is InChI=1S/C15H9Cl3N2O3S/c16-7-1-4-11(17)10(5-7)13(21)20-15(24)19-8-2-3-9(14(22)23)12(18)6-8/h1-6H,(H,22,23)(H2,19,20,21,24). The van der Waals surface area contributed by atoms with Gasteiger partial charge in [-0.15, -0.1) is 0 Å². The zero-order valence-electron chi connectivity index (χ0n) is 11.8. The highest BCUT2D eigenvalue weighted by molar-refractivity contribution is 7.80. The van der Waals surface area contributed by atoms with Gasteiger partial charge >= 0.3 is 5.97 Å². The third-order valence-corrected chi connectivity index (χ3v) is 3.94. The third-order valence-electron chi connectivity index (χ3n) is 2.86. The van der Waals surface area contributed by atoms with E-state index in [2.05, 4.69) is 10.6 Å². The van der Waals surface area contributed by atoms with Gasteiger partial charge in [-0.2, -0.15) is 0 Å². The summed E-state index contributed by atoms with van der Waals surface area (Å²) in [6, 6.07) is 8.66. The topological polar surface area (TPSA) is 78.4 Å². The van der Waals surface area contributed by atoms with Crippen LogP contribution in [-0.2, 0) is 0 Å². The molecule has 0 aliphatic carbocycles. The van der Waals surface area contributed by atoms with E-state index in [0.717, 1.165) is 0 Å². The molecule has 2 rings (SSSR count). The molecule has 2 aromatic carbocycles. The summed E-state index contributed by atoms with van der Waals surface area (Å²) in [5.41, 5.74) is 0.558.